The molecule has 2 aromatic carbocycles. The van der Waals surface area contributed by atoms with Crippen molar-refractivity contribution >= 4 is 17.3 Å². The number of ether oxygens (including phenoxy) is 2. The van der Waals surface area contributed by atoms with Gasteiger partial charge < -0.3 is 14.8 Å². The summed E-state index contributed by atoms with van der Waals surface area (Å²) in [6, 6.07) is 17.5. The number of amides is 1. The molecule has 8 nitrogen and oxygen atoms in total. The fourth-order valence-electron chi connectivity index (χ4n) is 4.50. The molecule has 1 amide bonds. The van der Waals surface area contributed by atoms with E-state index in [0.29, 0.717) is 0 Å². The maximum atomic E-state index is 12.5. The zero-order valence-electron chi connectivity index (χ0n) is 21.1. The standard InChI is InChI=1S/C27H35N5O3/c1-6-23-18(4)19(5)25(31-24(33)16-29-32-28)27(34-23)35-26(20-10-8-7-9-11-20)21-12-14-22(15-13-21)30-17(2)3/h7-15,18-19,23,25-27H,6,16H2,1-5H3,(H,31,33)/t18-,19-,23?,25?,26?,27?/m0/s1. The van der Waals surface area contributed by atoms with Crippen LogP contribution < -0.4 is 5.32 Å². The predicted octanol–water partition coefficient (Wildman–Crippen LogP) is 6.11. The van der Waals surface area contributed by atoms with Crippen LogP contribution in [0.1, 0.15) is 58.3 Å². The number of rotatable bonds is 9. The lowest BCUT2D eigenvalue weighted by molar-refractivity contribution is -0.248. The molecule has 1 fully saturated rings. The topological polar surface area (TPSA) is 109 Å². The Balaban J connectivity index is 1.95. The monoisotopic (exact) mass is 477 g/mol. The van der Waals surface area contributed by atoms with Gasteiger partial charge in [0, 0.05) is 10.6 Å². The first-order chi connectivity index (χ1) is 16.8. The first-order valence-corrected chi connectivity index (χ1v) is 12.1. The summed E-state index contributed by atoms with van der Waals surface area (Å²) >= 11 is 0. The zero-order valence-corrected chi connectivity index (χ0v) is 21.1. The summed E-state index contributed by atoms with van der Waals surface area (Å²) < 4.78 is 13.1. The van der Waals surface area contributed by atoms with E-state index in [1.54, 1.807) is 0 Å². The second-order valence-electron chi connectivity index (χ2n) is 9.23. The van der Waals surface area contributed by atoms with Crippen molar-refractivity contribution in [2.75, 3.05) is 6.54 Å². The van der Waals surface area contributed by atoms with Crippen LogP contribution in [0.2, 0.25) is 0 Å². The number of benzene rings is 2. The average Bonchev–Trinajstić information content (AvgIpc) is 2.86. The second-order valence-corrected chi connectivity index (χ2v) is 9.23. The normalized spacial score (nSPS) is 24.7. The summed E-state index contributed by atoms with van der Waals surface area (Å²) in [5, 5.41) is 6.39. The van der Waals surface area contributed by atoms with Crippen molar-refractivity contribution in [1.82, 2.24) is 5.32 Å². The molecular formula is C27H35N5O3. The van der Waals surface area contributed by atoms with Crippen LogP contribution >= 0.6 is 0 Å². The summed E-state index contributed by atoms with van der Waals surface area (Å²) in [5.74, 6) is -0.0454. The largest absolute Gasteiger partial charge is 0.348 e. The van der Waals surface area contributed by atoms with E-state index in [0.717, 1.165) is 28.9 Å². The lowest BCUT2D eigenvalue weighted by atomic mass is 9.81. The summed E-state index contributed by atoms with van der Waals surface area (Å²) in [7, 11) is 0. The van der Waals surface area contributed by atoms with Gasteiger partial charge in [0.05, 0.1) is 17.8 Å². The molecule has 35 heavy (non-hydrogen) atoms. The van der Waals surface area contributed by atoms with Gasteiger partial charge in [0.25, 0.3) is 0 Å². The lowest BCUT2D eigenvalue weighted by Gasteiger charge is -2.45. The molecule has 0 aromatic heterocycles. The predicted molar refractivity (Wildman–Crippen MR) is 137 cm³/mol. The molecule has 3 rings (SSSR count). The van der Waals surface area contributed by atoms with Crippen molar-refractivity contribution in [3.8, 4) is 0 Å². The van der Waals surface area contributed by atoms with Crippen LogP contribution in [0.25, 0.3) is 10.4 Å². The van der Waals surface area contributed by atoms with Gasteiger partial charge in [0.2, 0.25) is 5.91 Å². The van der Waals surface area contributed by atoms with E-state index in [2.05, 4.69) is 41.1 Å². The third-order valence-corrected chi connectivity index (χ3v) is 6.51. The Hall–Kier alpha value is -3.19. The molecule has 1 aliphatic rings. The minimum Gasteiger partial charge on any atom is -0.348 e. The highest BCUT2D eigenvalue weighted by molar-refractivity contribution is 5.82. The smallest absolute Gasteiger partial charge is 0.226 e. The first kappa shape index (κ1) is 26.4. The van der Waals surface area contributed by atoms with Crippen LogP contribution in [0.4, 0.5) is 5.69 Å². The molecule has 0 bridgehead atoms. The summed E-state index contributed by atoms with van der Waals surface area (Å²) in [4.78, 5) is 19.7. The number of nitrogens with zero attached hydrogens (tertiary/aromatic N) is 4. The Morgan fingerprint density at radius 1 is 1.09 bits per heavy atom. The minimum atomic E-state index is -0.679. The Bertz CT molecular complexity index is 1050. The Labute approximate surface area is 207 Å². The number of nitrogens with one attached hydrogen (secondary N) is 1. The van der Waals surface area contributed by atoms with Gasteiger partial charge in [-0.25, -0.2) is 0 Å². The van der Waals surface area contributed by atoms with Gasteiger partial charge in [-0.2, -0.15) is 0 Å². The van der Waals surface area contributed by atoms with Crippen LogP contribution in [0.5, 0.6) is 0 Å². The van der Waals surface area contributed by atoms with E-state index in [-0.39, 0.29) is 30.4 Å². The average molecular weight is 478 g/mol. The Kier molecular flexibility index (Phi) is 9.43. The van der Waals surface area contributed by atoms with Gasteiger partial charge in [0.1, 0.15) is 12.6 Å². The fraction of sp³-hybridized carbons (Fsp3) is 0.481. The van der Waals surface area contributed by atoms with Crippen LogP contribution in [0.3, 0.4) is 0 Å². The van der Waals surface area contributed by atoms with Crippen LogP contribution in [-0.2, 0) is 14.3 Å². The van der Waals surface area contributed by atoms with Gasteiger partial charge in [-0.15, -0.1) is 0 Å². The molecule has 186 valence electrons. The maximum Gasteiger partial charge on any atom is 0.226 e. The van der Waals surface area contributed by atoms with Gasteiger partial charge in [0.15, 0.2) is 6.29 Å². The molecule has 1 saturated heterocycles. The second kappa shape index (κ2) is 12.5. The molecular weight excluding hydrogens is 442 g/mol. The fourth-order valence-corrected chi connectivity index (χ4v) is 4.50. The van der Waals surface area contributed by atoms with Crippen molar-refractivity contribution in [1.29, 1.82) is 0 Å². The van der Waals surface area contributed by atoms with Gasteiger partial charge in [-0.3, -0.25) is 9.79 Å². The summed E-state index contributed by atoms with van der Waals surface area (Å²) in [6.07, 6.45) is -0.247. The Morgan fingerprint density at radius 2 is 1.74 bits per heavy atom. The van der Waals surface area contributed by atoms with Crippen LogP contribution in [-0.4, -0.2) is 36.6 Å². The molecule has 4 unspecified atom stereocenters. The van der Waals surface area contributed by atoms with E-state index in [4.69, 9.17) is 15.0 Å². The molecule has 0 saturated carbocycles. The van der Waals surface area contributed by atoms with Crippen LogP contribution in [0.15, 0.2) is 64.7 Å². The molecule has 1 heterocycles. The van der Waals surface area contributed by atoms with Crippen LogP contribution in [0, 0.1) is 11.8 Å². The SMILES string of the molecule is CCC1OC(OC(c2ccccc2)c2ccc(N=C(C)C)cc2)C(NC(=O)CN=[N+]=[N-])[C@@H](C)[C@@H]1C. The van der Waals surface area contributed by atoms with E-state index in [9.17, 15) is 4.79 Å². The molecule has 6 atom stereocenters. The molecule has 0 spiro atoms. The number of hydrogen-bond acceptors (Lipinski definition) is 5. The summed E-state index contributed by atoms with van der Waals surface area (Å²) in [5.41, 5.74) is 12.4. The Morgan fingerprint density at radius 3 is 2.34 bits per heavy atom. The van der Waals surface area contributed by atoms with Crippen molar-refractivity contribution in [2.24, 2.45) is 21.9 Å². The van der Waals surface area contributed by atoms with Gasteiger partial charge in [-0.05, 0) is 60.9 Å². The van der Waals surface area contributed by atoms with E-state index < -0.39 is 18.4 Å². The molecule has 1 aliphatic heterocycles. The third-order valence-electron chi connectivity index (χ3n) is 6.51. The molecule has 0 aliphatic carbocycles. The van der Waals surface area contributed by atoms with Gasteiger partial charge in [-0.1, -0.05) is 68.4 Å². The summed E-state index contributed by atoms with van der Waals surface area (Å²) in [6.45, 7) is 9.99. The van der Waals surface area contributed by atoms with Crippen molar-refractivity contribution in [2.45, 2.75) is 65.6 Å². The van der Waals surface area contributed by atoms with Crippen molar-refractivity contribution in [3.05, 3.63) is 76.2 Å². The van der Waals surface area contributed by atoms with Crippen molar-refractivity contribution in [3.63, 3.8) is 0 Å². The molecule has 8 heteroatoms. The first-order valence-electron chi connectivity index (χ1n) is 12.1. The molecule has 2 aromatic rings. The highest BCUT2D eigenvalue weighted by Gasteiger charge is 2.43. The third kappa shape index (κ3) is 6.92. The quantitative estimate of drug-likeness (QED) is 0.204. The van der Waals surface area contributed by atoms with E-state index in [1.165, 1.54) is 0 Å². The number of carbonyl (C=O) groups excluding carboxylic acids is 1. The number of aliphatic imine (C=N–C) groups is 1. The molecule has 0 radical (unpaired) electrons. The maximum absolute atomic E-state index is 12.5. The zero-order chi connectivity index (χ0) is 25.4. The molecule has 1 N–H and O–H groups in total. The van der Waals surface area contributed by atoms with Gasteiger partial charge >= 0.3 is 0 Å². The van der Waals surface area contributed by atoms with Crippen molar-refractivity contribution < 1.29 is 14.3 Å². The lowest BCUT2D eigenvalue weighted by Crippen LogP contribution is -2.58. The number of azide groups is 1. The minimum absolute atomic E-state index is 0.000877. The number of carbonyl (C=O) groups is 1. The number of hydrogen-bond donors (Lipinski definition) is 1. The highest BCUT2D eigenvalue weighted by atomic mass is 16.7. The van der Waals surface area contributed by atoms with E-state index >= 15 is 0 Å². The van der Waals surface area contributed by atoms with E-state index in [1.807, 2.05) is 68.4 Å². The highest BCUT2D eigenvalue weighted by Crippen LogP contribution is 2.37.